The summed E-state index contributed by atoms with van der Waals surface area (Å²) in [6.45, 7) is 5.64. The number of piperidine rings is 3. The Kier molecular flexibility index (Phi) is 3.54. The van der Waals surface area contributed by atoms with Crippen LogP contribution in [0.2, 0.25) is 0 Å². The largest absolute Gasteiger partial charge is 0.348 e. The molecule has 3 aliphatic heterocycles. The highest BCUT2D eigenvalue weighted by atomic mass is 32.1. The molecule has 6 heteroatoms. The van der Waals surface area contributed by atoms with Gasteiger partial charge in [0.25, 0.3) is 5.91 Å². The monoisotopic (exact) mass is 359 g/mol. The lowest BCUT2D eigenvalue weighted by Crippen LogP contribution is -2.64. The second kappa shape index (κ2) is 5.64. The average molecular weight is 360 g/mol. The van der Waals surface area contributed by atoms with E-state index in [1.165, 1.54) is 32.5 Å². The zero-order valence-electron chi connectivity index (χ0n) is 13.7. The highest BCUT2D eigenvalue weighted by Gasteiger charge is 2.47. The van der Waals surface area contributed by atoms with Crippen molar-refractivity contribution in [1.29, 1.82) is 0 Å². The molecule has 5 atom stereocenters. The van der Waals surface area contributed by atoms with Gasteiger partial charge in [-0.15, -0.1) is 22.7 Å². The first-order valence-electron chi connectivity index (χ1n) is 8.71. The second-order valence-corrected chi connectivity index (χ2v) is 9.64. The van der Waals surface area contributed by atoms with Crippen LogP contribution in [0.15, 0.2) is 17.5 Å². The predicted molar refractivity (Wildman–Crippen MR) is 97.6 cm³/mol. The first-order chi connectivity index (χ1) is 11.7. The number of thiazole rings is 1. The van der Waals surface area contributed by atoms with E-state index in [0.717, 1.165) is 26.4 Å². The minimum atomic E-state index is 0.102. The molecule has 1 amide bonds. The zero-order valence-corrected chi connectivity index (χ0v) is 15.3. The summed E-state index contributed by atoms with van der Waals surface area (Å²) in [5, 5.41) is 6.50. The van der Waals surface area contributed by atoms with Gasteiger partial charge in [-0.3, -0.25) is 4.79 Å². The molecule has 4 aliphatic rings. The minimum Gasteiger partial charge on any atom is -0.348 e. The summed E-state index contributed by atoms with van der Waals surface area (Å²) in [6, 6.07) is 4.35. The van der Waals surface area contributed by atoms with E-state index < -0.39 is 0 Å². The topological polar surface area (TPSA) is 45.2 Å². The summed E-state index contributed by atoms with van der Waals surface area (Å²) in [4.78, 5) is 21.8. The van der Waals surface area contributed by atoms with Crippen molar-refractivity contribution in [3.63, 3.8) is 0 Å². The van der Waals surface area contributed by atoms with Crippen LogP contribution in [0, 0.1) is 24.7 Å². The Labute approximate surface area is 149 Å². The molecule has 1 saturated carbocycles. The number of aryl methyl sites for hydroxylation is 1. The fourth-order valence-corrected chi connectivity index (χ4v) is 6.50. The Morgan fingerprint density at radius 3 is 2.71 bits per heavy atom. The third kappa shape index (κ3) is 2.52. The van der Waals surface area contributed by atoms with Crippen molar-refractivity contribution >= 4 is 28.6 Å². The summed E-state index contributed by atoms with van der Waals surface area (Å²) in [5.74, 6) is 2.28. The van der Waals surface area contributed by atoms with Crippen molar-refractivity contribution < 1.29 is 4.79 Å². The van der Waals surface area contributed by atoms with Gasteiger partial charge in [-0.1, -0.05) is 0 Å². The van der Waals surface area contributed by atoms with Gasteiger partial charge in [-0.25, -0.2) is 4.98 Å². The molecule has 1 N–H and O–H groups in total. The number of rotatable bonds is 3. The van der Waals surface area contributed by atoms with E-state index in [-0.39, 0.29) is 5.91 Å². The maximum Gasteiger partial charge on any atom is 0.261 e. The van der Waals surface area contributed by atoms with E-state index in [2.05, 4.69) is 20.6 Å². The molecule has 1 aliphatic carbocycles. The van der Waals surface area contributed by atoms with E-state index in [1.54, 1.807) is 22.7 Å². The molecule has 4 fully saturated rings. The Hall–Kier alpha value is -1.24. The van der Waals surface area contributed by atoms with Crippen molar-refractivity contribution in [2.75, 3.05) is 19.6 Å². The molecule has 126 valence electrons. The van der Waals surface area contributed by atoms with Crippen LogP contribution >= 0.6 is 22.7 Å². The fraction of sp³-hybridized carbons (Fsp3) is 0.556. The number of nitrogens with one attached hydrogen (secondary N) is 1. The first-order valence-corrected chi connectivity index (χ1v) is 10.4. The van der Waals surface area contributed by atoms with Crippen LogP contribution in [0.25, 0.3) is 10.6 Å². The van der Waals surface area contributed by atoms with Gasteiger partial charge in [0, 0.05) is 31.1 Å². The van der Waals surface area contributed by atoms with Crippen molar-refractivity contribution in [1.82, 2.24) is 15.2 Å². The summed E-state index contributed by atoms with van der Waals surface area (Å²) in [5.41, 5.74) is 0.990. The number of carbonyl (C=O) groups is 1. The smallest absolute Gasteiger partial charge is 0.261 e. The van der Waals surface area contributed by atoms with E-state index in [9.17, 15) is 4.79 Å². The highest BCUT2D eigenvalue weighted by molar-refractivity contribution is 7.17. The van der Waals surface area contributed by atoms with Crippen LogP contribution in [0.4, 0.5) is 0 Å². The SMILES string of the molecule is Cc1nc(-c2ccc(C(=O)NC3[C@@H]4CC5C[C@H]3CN(C5)C4)s2)cs1. The summed E-state index contributed by atoms with van der Waals surface area (Å²) >= 11 is 3.21. The molecule has 2 aromatic rings. The lowest BCUT2D eigenvalue weighted by atomic mass is 9.65. The number of carbonyl (C=O) groups excluding carboxylic acids is 1. The average Bonchev–Trinajstić information content (AvgIpc) is 3.18. The summed E-state index contributed by atoms with van der Waals surface area (Å²) in [7, 11) is 0. The van der Waals surface area contributed by atoms with Gasteiger partial charge in [-0.2, -0.15) is 0 Å². The van der Waals surface area contributed by atoms with Crippen LogP contribution in [-0.4, -0.2) is 41.5 Å². The maximum atomic E-state index is 12.8. The molecule has 4 nitrogen and oxygen atoms in total. The third-order valence-corrected chi connectivity index (χ3v) is 7.67. The molecule has 5 heterocycles. The van der Waals surface area contributed by atoms with E-state index in [1.807, 2.05) is 19.1 Å². The molecule has 3 saturated heterocycles. The Bertz CT molecular complexity index is 753. The molecule has 4 bridgehead atoms. The maximum absolute atomic E-state index is 12.8. The normalized spacial score (nSPS) is 33.8. The van der Waals surface area contributed by atoms with Crippen molar-refractivity contribution in [3.8, 4) is 10.6 Å². The lowest BCUT2D eigenvalue weighted by molar-refractivity contribution is -0.0418. The number of hydrogen-bond donors (Lipinski definition) is 1. The lowest BCUT2D eigenvalue weighted by Gasteiger charge is -2.55. The fourth-order valence-electron chi connectivity index (χ4n) is 4.94. The predicted octanol–water partition coefficient (Wildman–Crippen LogP) is 3.25. The molecule has 3 unspecified atom stereocenters. The van der Waals surface area contributed by atoms with Gasteiger partial charge < -0.3 is 10.2 Å². The molecule has 2 aromatic heterocycles. The second-order valence-electron chi connectivity index (χ2n) is 7.49. The quantitative estimate of drug-likeness (QED) is 0.915. The summed E-state index contributed by atoms with van der Waals surface area (Å²) < 4.78 is 0. The number of nitrogens with zero attached hydrogens (tertiary/aromatic N) is 2. The molecule has 0 spiro atoms. The highest BCUT2D eigenvalue weighted by Crippen LogP contribution is 2.43. The standard InChI is InChI=1S/C18H21N3OS2/c1-10-19-14(9-23-10)15-2-3-16(24-15)18(22)20-17-12-4-11-5-13(17)8-21(6-11)7-12/h2-3,9,11-13,17H,4-8H2,1H3,(H,20,22)/t11?,12-,13+,17?. The van der Waals surface area contributed by atoms with Gasteiger partial charge >= 0.3 is 0 Å². The molecular weight excluding hydrogens is 338 g/mol. The van der Waals surface area contributed by atoms with Gasteiger partial charge in [0.15, 0.2) is 0 Å². The molecule has 6 rings (SSSR count). The summed E-state index contributed by atoms with van der Waals surface area (Å²) in [6.07, 6.45) is 2.59. The van der Waals surface area contributed by atoms with Crippen LogP contribution in [-0.2, 0) is 0 Å². The van der Waals surface area contributed by atoms with Crippen LogP contribution in [0.1, 0.15) is 27.5 Å². The van der Waals surface area contributed by atoms with Crippen molar-refractivity contribution in [3.05, 3.63) is 27.4 Å². The van der Waals surface area contributed by atoms with E-state index in [0.29, 0.717) is 17.9 Å². The van der Waals surface area contributed by atoms with Gasteiger partial charge in [0.1, 0.15) is 0 Å². The Morgan fingerprint density at radius 2 is 2.04 bits per heavy atom. The van der Waals surface area contributed by atoms with Crippen molar-refractivity contribution in [2.24, 2.45) is 17.8 Å². The number of aromatic nitrogens is 1. The zero-order chi connectivity index (χ0) is 16.3. The molecule has 24 heavy (non-hydrogen) atoms. The van der Waals surface area contributed by atoms with Crippen LogP contribution < -0.4 is 5.32 Å². The van der Waals surface area contributed by atoms with E-state index in [4.69, 9.17) is 0 Å². The van der Waals surface area contributed by atoms with Gasteiger partial charge in [0.05, 0.1) is 20.5 Å². The van der Waals surface area contributed by atoms with Crippen LogP contribution in [0.5, 0.6) is 0 Å². The Balaban J connectivity index is 1.32. The first kappa shape index (κ1) is 15.0. The Morgan fingerprint density at radius 1 is 1.25 bits per heavy atom. The number of amides is 1. The van der Waals surface area contributed by atoms with E-state index >= 15 is 0 Å². The molecule has 0 aromatic carbocycles. The van der Waals surface area contributed by atoms with Crippen LogP contribution in [0.3, 0.4) is 0 Å². The number of thiophene rings is 1. The minimum absolute atomic E-state index is 0.102. The molecular formula is C18H21N3OS2. The van der Waals surface area contributed by atoms with Crippen molar-refractivity contribution in [2.45, 2.75) is 25.8 Å². The van der Waals surface area contributed by atoms with Gasteiger partial charge in [-0.05, 0) is 49.7 Å². The number of hydrogen-bond acceptors (Lipinski definition) is 5. The van der Waals surface area contributed by atoms with Gasteiger partial charge in [0.2, 0.25) is 0 Å². The third-order valence-electron chi connectivity index (χ3n) is 5.79. The molecule has 0 radical (unpaired) electrons.